The molecule has 0 bridgehead atoms. The van der Waals surface area contributed by atoms with E-state index in [-0.39, 0.29) is 21.6 Å². The summed E-state index contributed by atoms with van der Waals surface area (Å²) in [6.45, 7) is 0. The lowest BCUT2D eigenvalue weighted by Gasteiger charge is -2.02. The molecule has 16 heavy (non-hydrogen) atoms. The summed E-state index contributed by atoms with van der Waals surface area (Å²) in [5.41, 5.74) is -1.14. The zero-order valence-corrected chi connectivity index (χ0v) is 8.51. The van der Waals surface area contributed by atoms with Crippen LogP contribution in [0.4, 0.5) is 4.39 Å². The predicted octanol–water partition coefficient (Wildman–Crippen LogP) is 2.02. The number of nitrogens with one attached hydrogen (secondary N) is 1. The molecule has 0 fully saturated rings. The molecular formula is C10H5ClFNO3. The Morgan fingerprint density at radius 2 is 2.12 bits per heavy atom. The molecule has 0 unspecified atom stereocenters. The SMILES string of the molecule is O=C(O)c1cc(=O)c2ccc(Cl)c(F)c2[nH]1. The van der Waals surface area contributed by atoms with Crippen molar-refractivity contribution in [3.63, 3.8) is 0 Å². The van der Waals surface area contributed by atoms with E-state index in [1.165, 1.54) is 12.1 Å². The molecule has 1 aromatic carbocycles. The third kappa shape index (κ3) is 1.55. The molecule has 1 aromatic heterocycles. The Bertz CT molecular complexity index is 650. The molecule has 0 aliphatic carbocycles. The molecule has 0 spiro atoms. The van der Waals surface area contributed by atoms with Crippen LogP contribution in [0.3, 0.4) is 0 Å². The van der Waals surface area contributed by atoms with Crippen LogP contribution in [0.1, 0.15) is 10.5 Å². The van der Waals surface area contributed by atoms with Crippen LogP contribution < -0.4 is 5.43 Å². The topological polar surface area (TPSA) is 70.2 Å². The second-order valence-corrected chi connectivity index (χ2v) is 3.54. The highest BCUT2D eigenvalue weighted by Crippen LogP contribution is 2.21. The van der Waals surface area contributed by atoms with Crippen LogP contribution in [0.25, 0.3) is 10.9 Å². The minimum Gasteiger partial charge on any atom is -0.477 e. The van der Waals surface area contributed by atoms with Crippen molar-refractivity contribution in [1.82, 2.24) is 4.98 Å². The van der Waals surface area contributed by atoms with E-state index in [9.17, 15) is 14.0 Å². The number of rotatable bonds is 1. The number of H-pyrrole nitrogens is 1. The Labute approximate surface area is 93.3 Å². The molecule has 82 valence electrons. The number of carboxylic acid groups (broad SMARTS) is 1. The van der Waals surface area contributed by atoms with Crippen LogP contribution in [0.5, 0.6) is 0 Å². The summed E-state index contributed by atoms with van der Waals surface area (Å²) in [6.07, 6.45) is 0. The van der Waals surface area contributed by atoms with Gasteiger partial charge in [-0.25, -0.2) is 9.18 Å². The summed E-state index contributed by atoms with van der Waals surface area (Å²) >= 11 is 5.53. The van der Waals surface area contributed by atoms with Crippen molar-refractivity contribution in [3.8, 4) is 0 Å². The van der Waals surface area contributed by atoms with Gasteiger partial charge in [0, 0.05) is 11.5 Å². The smallest absolute Gasteiger partial charge is 0.352 e. The lowest BCUT2D eigenvalue weighted by molar-refractivity contribution is 0.0691. The molecule has 1 heterocycles. The monoisotopic (exact) mass is 241 g/mol. The molecule has 4 nitrogen and oxygen atoms in total. The van der Waals surface area contributed by atoms with Crippen molar-refractivity contribution in [3.05, 3.63) is 45.0 Å². The molecule has 0 aliphatic heterocycles. The average molecular weight is 242 g/mol. The van der Waals surface area contributed by atoms with Crippen molar-refractivity contribution in [2.75, 3.05) is 0 Å². The minimum atomic E-state index is -1.33. The van der Waals surface area contributed by atoms with Crippen molar-refractivity contribution >= 4 is 28.5 Å². The number of halogens is 2. The number of aromatic nitrogens is 1. The summed E-state index contributed by atoms with van der Waals surface area (Å²) in [7, 11) is 0. The summed E-state index contributed by atoms with van der Waals surface area (Å²) < 4.78 is 13.5. The number of benzene rings is 1. The van der Waals surface area contributed by atoms with Gasteiger partial charge in [0.05, 0.1) is 10.5 Å². The maximum absolute atomic E-state index is 13.5. The molecule has 0 saturated carbocycles. The first-order valence-corrected chi connectivity index (χ1v) is 4.63. The highest BCUT2D eigenvalue weighted by atomic mass is 35.5. The standard InChI is InChI=1S/C10H5ClFNO3/c11-5-2-1-4-7(14)3-6(10(15)16)13-9(4)8(5)12/h1-3H,(H,13,14)(H,15,16). The maximum Gasteiger partial charge on any atom is 0.352 e. The number of hydrogen-bond donors (Lipinski definition) is 2. The Balaban J connectivity index is 2.94. The summed E-state index contributed by atoms with van der Waals surface area (Å²) in [5, 5.41) is 8.59. The van der Waals surface area contributed by atoms with Crippen molar-refractivity contribution in [1.29, 1.82) is 0 Å². The van der Waals surface area contributed by atoms with Gasteiger partial charge in [0.15, 0.2) is 11.2 Å². The summed E-state index contributed by atoms with van der Waals surface area (Å²) in [4.78, 5) is 24.5. The van der Waals surface area contributed by atoms with Crippen molar-refractivity contribution in [2.24, 2.45) is 0 Å². The zero-order valence-electron chi connectivity index (χ0n) is 7.75. The van der Waals surface area contributed by atoms with Crippen LogP contribution in [-0.2, 0) is 0 Å². The fourth-order valence-corrected chi connectivity index (χ4v) is 1.53. The molecule has 0 radical (unpaired) electrons. The quantitative estimate of drug-likeness (QED) is 0.802. The van der Waals surface area contributed by atoms with Gasteiger partial charge in [-0.3, -0.25) is 4.79 Å². The average Bonchev–Trinajstić information content (AvgIpc) is 2.23. The molecule has 0 aliphatic rings. The second kappa shape index (κ2) is 3.61. The number of carbonyl (C=O) groups is 1. The van der Waals surface area contributed by atoms with E-state index in [1.54, 1.807) is 0 Å². The normalized spacial score (nSPS) is 10.6. The molecule has 0 saturated heterocycles. The number of aromatic amines is 1. The molecule has 6 heteroatoms. The molecule has 2 rings (SSSR count). The fourth-order valence-electron chi connectivity index (χ4n) is 1.37. The van der Waals surface area contributed by atoms with E-state index in [0.717, 1.165) is 6.07 Å². The van der Waals surface area contributed by atoms with Gasteiger partial charge in [0.1, 0.15) is 5.69 Å². The number of pyridine rings is 1. The van der Waals surface area contributed by atoms with Gasteiger partial charge in [-0.15, -0.1) is 0 Å². The number of aromatic carboxylic acids is 1. The fraction of sp³-hybridized carbons (Fsp3) is 0. The van der Waals surface area contributed by atoms with E-state index in [4.69, 9.17) is 16.7 Å². The van der Waals surface area contributed by atoms with Crippen molar-refractivity contribution < 1.29 is 14.3 Å². The zero-order chi connectivity index (χ0) is 11.9. The molecule has 2 aromatic rings. The molecule has 0 atom stereocenters. The lowest BCUT2D eigenvalue weighted by Crippen LogP contribution is -2.10. The van der Waals surface area contributed by atoms with Crippen LogP contribution in [-0.4, -0.2) is 16.1 Å². The maximum atomic E-state index is 13.5. The van der Waals surface area contributed by atoms with Gasteiger partial charge in [-0.2, -0.15) is 0 Å². The first kappa shape index (κ1) is 10.6. The molecule has 2 N–H and O–H groups in total. The van der Waals surface area contributed by atoms with E-state index in [1.807, 2.05) is 0 Å². The largest absolute Gasteiger partial charge is 0.477 e. The van der Waals surface area contributed by atoms with Gasteiger partial charge >= 0.3 is 5.97 Å². The second-order valence-electron chi connectivity index (χ2n) is 3.14. The minimum absolute atomic E-state index is 0.0619. The van der Waals surface area contributed by atoms with E-state index in [0.29, 0.717) is 0 Å². The van der Waals surface area contributed by atoms with Crippen molar-refractivity contribution in [2.45, 2.75) is 0 Å². The third-order valence-electron chi connectivity index (χ3n) is 2.13. The van der Waals surface area contributed by atoms with Gasteiger partial charge in [0.2, 0.25) is 0 Å². The van der Waals surface area contributed by atoms with Gasteiger partial charge in [-0.05, 0) is 12.1 Å². The number of fused-ring (bicyclic) bond motifs is 1. The van der Waals surface area contributed by atoms with Gasteiger partial charge in [0.25, 0.3) is 0 Å². The molecule has 0 amide bonds. The van der Waals surface area contributed by atoms with Crippen LogP contribution >= 0.6 is 11.6 Å². The Kier molecular flexibility index (Phi) is 2.40. The summed E-state index contributed by atoms with van der Waals surface area (Å²) in [6, 6.07) is 3.48. The van der Waals surface area contributed by atoms with Crippen LogP contribution in [0.2, 0.25) is 5.02 Å². The van der Waals surface area contributed by atoms with Gasteiger partial charge in [-0.1, -0.05) is 11.6 Å². The van der Waals surface area contributed by atoms with E-state index in [2.05, 4.69) is 4.98 Å². The Morgan fingerprint density at radius 3 is 2.75 bits per heavy atom. The third-order valence-corrected chi connectivity index (χ3v) is 2.42. The molecular weight excluding hydrogens is 237 g/mol. The Morgan fingerprint density at radius 1 is 1.44 bits per heavy atom. The first-order valence-electron chi connectivity index (χ1n) is 4.25. The van der Waals surface area contributed by atoms with E-state index >= 15 is 0 Å². The lowest BCUT2D eigenvalue weighted by atomic mass is 10.2. The summed E-state index contributed by atoms with van der Waals surface area (Å²) in [5.74, 6) is -2.17. The highest BCUT2D eigenvalue weighted by molar-refractivity contribution is 6.31. The Hall–Kier alpha value is -1.88. The predicted molar refractivity (Wildman–Crippen MR) is 56.5 cm³/mol. The van der Waals surface area contributed by atoms with Gasteiger partial charge < -0.3 is 10.1 Å². The van der Waals surface area contributed by atoms with E-state index < -0.39 is 17.2 Å². The van der Waals surface area contributed by atoms with Crippen LogP contribution in [0, 0.1) is 5.82 Å². The number of hydrogen-bond acceptors (Lipinski definition) is 2. The first-order chi connectivity index (χ1) is 7.50. The highest BCUT2D eigenvalue weighted by Gasteiger charge is 2.12. The van der Waals surface area contributed by atoms with Crippen LogP contribution in [0.15, 0.2) is 23.0 Å². The number of carboxylic acids is 1.